The molecule has 2 aromatic carbocycles. The third-order valence-corrected chi connectivity index (χ3v) is 5.77. The number of likely N-dealkylation sites (tertiary alicyclic amines) is 1. The van der Waals surface area contributed by atoms with E-state index in [1.54, 1.807) is 16.8 Å². The molecule has 0 bridgehead atoms. The van der Waals surface area contributed by atoms with Crippen LogP contribution in [0.2, 0.25) is 0 Å². The molecule has 33 heavy (non-hydrogen) atoms. The summed E-state index contributed by atoms with van der Waals surface area (Å²) in [5, 5.41) is 11.2. The van der Waals surface area contributed by atoms with Crippen LogP contribution in [0.15, 0.2) is 76.6 Å². The summed E-state index contributed by atoms with van der Waals surface area (Å²) in [6, 6.07) is 18.7. The molecule has 1 aromatic heterocycles. The molecule has 1 saturated heterocycles. The molecular weight excluding hydrogens is 414 g/mol. The lowest BCUT2D eigenvalue weighted by Crippen LogP contribution is -2.33. The molecule has 0 unspecified atom stereocenters. The number of hydrogen-bond donors (Lipinski definition) is 2. The van der Waals surface area contributed by atoms with Gasteiger partial charge in [-0.05, 0) is 42.7 Å². The molecule has 0 spiro atoms. The predicted octanol–water partition coefficient (Wildman–Crippen LogP) is 3.95. The number of nitrogens with zero attached hydrogens (tertiary/aromatic N) is 3. The van der Waals surface area contributed by atoms with Crippen LogP contribution in [0.1, 0.15) is 24.0 Å². The number of aliphatic imine (C=N–C) groups is 1. The highest BCUT2D eigenvalue weighted by Crippen LogP contribution is 2.19. The number of aromatic nitrogens is 1. The summed E-state index contributed by atoms with van der Waals surface area (Å²) in [6.45, 7) is 3.09. The summed E-state index contributed by atoms with van der Waals surface area (Å²) in [4.78, 5) is 19.4. The van der Waals surface area contributed by atoms with Crippen molar-refractivity contribution < 1.29 is 4.74 Å². The topological polar surface area (TPSA) is 82.7 Å². The van der Waals surface area contributed by atoms with Gasteiger partial charge in [0.05, 0.1) is 6.54 Å². The van der Waals surface area contributed by atoms with Crippen LogP contribution in [0.3, 0.4) is 0 Å². The lowest BCUT2D eigenvalue weighted by atomic mass is 10.1. The van der Waals surface area contributed by atoms with Crippen molar-refractivity contribution in [1.82, 2.24) is 9.47 Å². The maximum atomic E-state index is 12.7. The second-order valence-electron chi connectivity index (χ2n) is 7.95. The molecule has 0 saturated carbocycles. The Balaban J connectivity index is 1.46. The molecule has 1 aliphatic rings. The van der Waals surface area contributed by atoms with Crippen LogP contribution < -0.4 is 15.6 Å². The van der Waals surface area contributed by atoms with Gasteiger partial charge in [0, 0.05) is 55.6 Å². The van der Waals surface area contributed by atoms with E-state index in [0.29, 0.717) is 30.2 Å². The van der Waals surface area contributed by atoms with Crippen molar-refractivity contribution in [1.29, 1.82) is 5.41 Å². The summed E-state index contributed by atoms with van der Waals surface area (Å²) in [5.41, 5.74) is 3.10. The molecule has 0 atom stereocenters. The summed E-state index contributed by atoms with van der Waals surface area (Å²) >= 11 is 0. The Bertz CT molecular complexity index is 1180. The Morgan fingerprint density at radius 3 is 2.61 bits per heavy atom. The van der Waals surface area contributed by atoms with E-state index in [0.717, 1.165) is 30.2 Å². The summed E-state index contributed by atoms with van der Waals surface area (Å²) < 4.78 is 7.31. The van der Waals surface area contributed by atoms with Crippen LogP contribution >= 0.6 is 0 Å². The Morgan fingerprint density at radius 2 is 1.91 bits per heavy atom. The summed E-state index contributed by atoms with van der Waals surface area (Å²) in [7, 11) is 1.82. The Hall–Kier alpha value is -3.87. The first kappa shape index (κ1) is 22.3. The standard InChI is InChI=1S/C26H29N5O2/c1-28-25(30-12-5-6-13-30)18-29-24-10-9-22(15-21(24)17-27)31-14-11-23(16-26(31)32)33-19-20-7-3-2-4-8-20/h2-4,7-11,14-17,27,29H,5-6,12-13,18-19H2,1H3. The number of ether oxygens (including phenoxy) is 1. The molecule has 3 aromatic rings. The Labute approximate surface area is 193 Å². The van der Waals surface area contributed by atoms with Crippen molar-refractivity contribution in [3.63, 3.8) is 0 Å². The van der Waals surface area contributed by atoms with E-state index in [4.69, 9.17) is 10.1 Å². The van der Waals surface area contributed by atoms with Gasteiger partial charge in [0.25, 0.3) is 5.56 Å². The van der Waals surface area contributed by atoms with Crippen molar-refractivity contribution in [2.45, 2.75) is 19.4 Å². The van der Waals surface area contributed by atoms with Crippen molar-refractivity contribution in [2.75, 3.05) is 32.0 Å². The first-order chi connectivity index (χ1) is 16.2. The van der Waals surface area contributed by atoms with E-state index in [1.807, 2.05) is 55.6 Å². The number of rotatable bonds is 8. The maximum Gasteiger partial charge on any atom is 0.258 e. The minimum absolute atomic E-state index is 0.188. The molecule has 2 heterocycles. The largest absolute Gasteiger partial charge is 0.489 e. The highest BCUT2D eigenvalue weighted by atomic mass is 16.5. The highest BCUT2D eigenvalue weighted by molar-refractivity contribution is 5.90. The lowest BCUT2D eigenvalue weighted by Gasteiger charge is -2.21. The van der Waals surface area contributed by atoms with Crippen LogP contribution in [0.4, 0.5) is 5.69 Å². The van der Waals surface area contributed by atoms with Gasteiger partial charge in [-0.1, -0.05) is 30.3 Å². The molecule has 4 rings (SSSR count). The number of pyridine rings is 1. The fourth-order valence-corrected chi connectivity index (χ4v) is 3.97. The van der Waals surface area contributed by atoms with E-state index in [2.05, 4.69) is 15.2 Å². The monoisotopic (exact) mass is 443 g/mol. The average molecular weight is 444 g/mol. The number of hydrogen-bond acceptors (Lipinski definition) is 5. The molecule has 7 nitrogen and oxygen atoms in total. The van der Waals surface area contributed by atoms with Gasteiger partial charge >= 0.3 is 0 Å². The molecule has 7 heteroatoms. The van der Waals surface area contributed by atoms with E-state index in [-0.39, 0.29) is 5.56 Å². The van der Waals surface area contributed by atoms with Gasteiger partial charge in [0.1, 0.15) is 18.2 Å². The molecule has 0 amide bonds. The lowest BCUT2D eigenvalue weighted by molar-refractivity contribution is 0.305. The summed E-state index contributed by atoms with van der Waals surface area (Å²) in [6.07, 6.45) is 5.40. The second-order valence-corrected chi connectivity index (χ2v) is 7.95. The van der Waals surface area contributed by atoms with Crippen molar-refractivity contribution in [3.05, 3.63) is 88.3 Å². The van der Waals surface area contributed by atoms with Gasteiger partial charge < -0.3 is 20.4 Å². The van der Waals surface area contributed by atoms with Gasteiger partial charge in [-0.15, -0.1) is 0 Å². The minimum Gasteiger partial charge on any atom is -0.489 e. The molecule has 1 fully saturated rings. The van der Waals surface area contributed by atoms with Gasteiger partial charge in [0.15, 0.2) is 0 Å². The van der Waals surface area contributed by atoms with E-state index < -0.39 is 0 Å². The second kappa shape index (κ2) is 10.6. The molecule has 1 aliphatic heterocycles. The van der Waals surface area contributed by atoms with Gasteiger partial charge in [-0.25, -0.2) is 0 Å². The molecule has 170 valence electrons. The zero-order valence-electron chi connectivity index (χ0n) is 18.8. The SMILES string of the molecule is CN=C(CNc1ccc(-n2ccc(OCc3ccccc3)cc2=O)cc1C=N)N1CCCC1. The zero-order valence-corrected chi connectivity index (χ0v) is 18.8. The van der Waals surface area contributed by atoms with Crippen LogP contribution in [-0.2, 0) is 6.61 Å². The maximum absolute atomic E-state index is 12.7. The normalized spacial score (nSPS) is 13.7. The zero-order chi connectivity index (χ0) is 23.0. The van der Waals surface area contributed by atoms with Crippen LogP contribution in [-0.4, -0.2) is 48.2 Å². The van der Waals surface area contributed by atoms with Crippen LogP contribution in [0, 0.1) is 5.41 Å². The van der Waals surface area contributed by atoms with Crippen LogP contribution in [0.25, 0.3) is 5.69 Å². The van der Waals surface area contributed by atoms with E-state index in [1.165, 1.54) is 25.1 Å². The van der Waals surface area contributed by atoms with Gasteiger partial charge in [-0.3, -0.25) is 14.4 Å². The van der Waals surface area contributed by atoms with E-state index >= 15 is 0 Å². The van der Waals surface area contributed by atoms with Gasteiger partial charge in [-0.2, -0.15) is 0 Å². The molecular formula is C26H29N5O2. The third-order valence-electron chi connectivity index (χ3n) is 5.77. The molecule has 0 radical (unpaired) electrons. The fourth-order valence-electron chi connectivity index (χ4n) is 3.97. The van der Waals surface area contributed by atoms with Crippen LogP contribution in [0.5, 0.6) is 5.75 Å². The third kappa shape index (κ3) is 5.49. The van der Waals surface area contributed by atoms with Gasteiger partial charge in [0.2, 0.25) is 0 Å². The Morgan fingerprint density at radius 1 is 1.12 bits per heavy atom. The average Bonchev–Trinajstić information content (AvgIpc) is 3.39. The van der Waals surface area contributed by atoms with E-state index in [9.17, 15) is 4.79 Å². The minimum atomic E-state index is -0.188. The number of benzene rings is 2. The first-order valence-corrected chi connectivity index (χ1v) is 11.2. The predicted molar refractivity (Wildman–Crippen MR) is 133 cm³/mol. The quantitative estimate of drug-likeness (QED) is 0.408. The summed E-state index contributed by atoms with van der Waals surface area (Å²) in [5.74, 6) is 1.55. The number of nitrogens with one attached hydrogen (secondary N) is 2. The number of anilines is 1. The van der Waals surface area contributed by atoms with Crippen molar-refractivity contribution in [2.24, 2.45) is 4.99 Å². The Kier molecular flexibility index (Phi) is 7.19. The first-order valence-electron chi connectivity index (χ1n) is 11.2. The number of amidine groups is 1. The molecule has 0 aliphatic carbocycles. The molecule has 2 N–H and O–H groups in total. The highest BCUT2D eigenvalue weighted by Gasteiger charge is 2.16. The smallest absolute Gasteiger partial charge is 0.258 e. The van der Waals surface area contributed by atoms with Crippen molar-refractivity contribution in [3.8, 4) is 11.4 Å². The van der Waals surface area contributed by atoms with Crippen molar-refractivity contribution >= 4 is 17.7 Å². The fraction of sp³-hybridized carbons (Fsp3) is 0.269.